The smallest absolute Gasteiger partial charge is 0.151 e. The number of hydrogen-bond acceptors (Lipinski definition) is 6. The molecule has 1 aromatic carbocycles. The van der Waals surface area contributed by atoms with Crippen LogP contribution < -0.4 is 14.7 Å². The molecule has 3 aliphatic heterocycles. The van der Waals surface area contributed by atoms with Crippen LogP contribution in [0.25, 0.3) is 0 Å². The molecule has 2 atom stereocenters. The van der Waals surface area contributed by atoms with E-state index in [1.165, 1.54) is 37.4 Å². The maximum Gasteiger partial charge on any atom is 0.151 e. The maximum absolute atomic E-state index is 5.84. The minimum Gasteiger partial charge on any atom is -0.368 e. The zero-order valence-corrected chi connectivity index (χ0v) is 17.1. The summed E-state index contributed by atoms with van der Waals surface area (Å²) in [5.41, 5.74) is 2.69. The molecule has 2 unspecified atom stereocenters. The Morgan fingerprint density at radius 2 is 1.54 bits per heavy atom. The Morgan fingerprint density at radius 3 is 2.25 bits per heavy atom. The Labute approximate surface area is 171 Å². The van der Waals surface area contributed by atoms with E-state index < -0.39 is 0 Å². The molecule has 0 spiro atoms. The van der Waals surface area contributed by atoms with Crippen LogP contribution in [0, 0.1) is 5.92 Å². The highest BCUT2D eigenvalue weighted by molar-refractivity contribution is 6.29. The second kappa shape index (κ2) is 7.41. The largest absolute Gasteiger partial charge is 0.368 e. The number of hydrogen-bond donors (Lipinski definition) is 0. The Bertz CT molecular complexity index is 803. The number of fused-ring (bicyclic) bond motifs is 1. The average Bonchev–Trinajstić information content (AvgIpc) is 3.28. The van der Waals surface area contributed by atoms with Gasteiger partial charge in [-0.2, -0.15) is 0 Å². The van der Waals surface area contributed by atoms with Crippen molar-refractivity contribution in [1.82, 2.24) is 15.1 Å². The average molecular weight is 399 g/mol. The molecule has 0 saturated carbocycles. The van der Waals surface area contributed by atoms with Crippen molar-refractivity contribution in [3.05, 3.63) is 41.6 Å². The van der Waals surface area contributed by atoms with Crippen molar-refractivity contribution >= 4 is 28.8 Å². The summed E-state index contributed by atoms with van der Waals surface area (Å²) >= 11 is 5.84. The fraction of sp³-hybridized carbons (Fsp3) is 0.524. The van der Waals surface area contributed by atoms with Crippen LogP contribution >= 0.6 is 11.6 Å². The summed E-state index contributed by atoms with van der Waals surface area (Å²) in [7, 11) is 2.24. The molecule has 1 aromatic heterocycles. The molecular formula is C21H27ClN6. The van der Waals surface area contributed by atoms with E-state index in [4.69, 9.17) is 11.6 Å². The van der Waals surface area contributed by atoms with Crippen LogP contribution in [0.4, 0.5) is 17.2 Å². The normalized spacial score (nSPS) is 25.4. The first-order valence-electron chi connectivity index (χ1n) is 10.2. The van der Waals surface area contributed by atoms with Gasteiger partial charge in [0.1, 0.15) is 0 Å². The van der Waals surface area contributed by atoms with Gasteiger partial charge in [-0.3, -0.25) is 0 Å². The molecule has 148 valence electrons. The second-order valence-corrected chi connectivity index (χ2v) is 8.62. The molecule has 0 N–H and O–H groups in total. The van der Waals surface area contributed by atoms with E-state index in [9.17, 15) is 0 Å². The molecule has 0 bridgehead atoms. The van der Waals surface area contributed by atoms with E-state index in [2.05, 4.69) is 61.1 Å². The van der Waals surface area contributed by atoms with E-state index >= 15 is 0 Å². The number of nitrogens with zero attached hydrogens (tertiary/aromatic N) is 6. The third-order valence-electron chi connectivity index (χ3n) is 6.50. The number of rotatable bonds is 3. The Hall–Kier alpha value is -2.05. The van der Waals surface area contributed by atoms with E-state index in [0.29, 0.717) is 11.2 Å². The van der Waals surface area contributed by atoms with Crippen LogP contribution in [0.3, 0.4) is 0 Å². The van der Waals surface area contributed by atoms with E-state index in [0.717, 1.165) is 37.9 Å². The third-order valence-corrected chi connectivity index (χ3v) is 6.70. The topological polar surface area (TPSA) is 38.7 Å². The lowest BCUT2D eigenvalue weighted by molar-refractivity contribution is 0.386. The molecule has 28 heavy (non-hydrogen) atoms. The van der Waals surface area contributed by atoms with Crippen LogP contribution in [0.1, 0.15) is 6.42 Å². The summed E-state index contributed by atoms with van der Waals surface area (Å²) in [5.74, 6) is 1.75. The summed E-state index contributed by atoms with van der Waals surface area (Å²) in [5, 5.41) is 8.60. The fourth-order valence-electron chi connectivity index (χ4n) is 5.02. The number of likely N-dealkylation sites (tertiary alicyclic amines) is 1. The first-order valence-corrected chi connectivity index (χ1v) is 10.6. The van der Waals surface area contributed by atoms with Crippen molar-refractivity contribution in [2.24, 2.45) is 5.92 Å². The van der Waals surface area contributed by atoms with E-state index in [1.807, 2.05) is 6.07 Å². The Morgan fingerprint density at radius 1 is 0.821 bits per heavy atom. The van der Waals surface area contributed by atoms with Crippen molar-refractivity contribution in [2.45, 2.75) is 12.5 Å². The standard InChI is InChI=1S/C21H27ClN6/c1-25-14-16-8-9-28(19(16)15-25)18-4-2-17(3-5-18)26-10-12-27(13-11-26)21-7-6-20(22)23-24-21/h2-7,16,19H,8-15H2,1H3. The molecule has 7 heteroatoms. The van der Waals surface area contributed by atoms with Gasteiger partial charge in [-0.25, -0.2) is 0 Å². The van der Waals surface area contributed by atoms with Crippen molar-refractivity contribution in [3.8, 4) is 0 Å². The number of benzene rings is 1. The quantitative estimate of drug-likeness (QED) is 0.791. The first-order chi connectivity index (χ1) is 13.7. The molecule has 5 rings (SSSR count). The van der Waals surface area contributed by atoms with Gasteiger partial charge in [-0.1, -0.05) is 11.6 Å². The van der Waals surface area contributed by atoms with Gasteiger partial charge in [0.2, 0.25) is 0 Å². The fourth-order valence-corrected chi connectivity index (χ4v) is 5.12. The van der Waals surface area contributed by atoms with Crippen molar-refractivity contribution in [2.75, 3.05) is 67.6 Å². The van der Waals surface area contributed by atoms with Gasteiger partial charge < -0.3 is 19.6 Å². The van der Waals surface area contributed by atoms with Gasteiger partial charge in [0.05, 0.1) is 0 Å². The predicted molar refractivity (Wildman–Crippen MR) is 115 cm³/mol. The molecule has 0 aliphatic carbocycles. The molecular weight excluding hydrogens is 372 g/mol. The zero-order chi connectivity index (χ0) is 19.1. The molecule has 6 nitrogen and oxygen atoms in total. The molecule has 0 amide bonds. The predicted octanol–water partition coefficient (Wildman–Crippen LogP) is 2.60. The lowest BCUT2D eigenvalue weighted by atomic mass is 10.0. The van der Waals surface area contributed by atoms with Gasteiger partial charge in [-0.15, -0.1) is 10.2 Å². The SMILES string of the molecule is CN1CC2CCN(c3ccc(N4CCN(c5ccc(Cl)nn5)CC4)cc3)C2C1. The molecule has 3 saturated heterocycles. The van der Waals surface area contributed by atoms with E-state index in [1.54, 1.807) is 6.07 Å². The second-order valence-electron chi connectivity index (χ2n) is 8.24. The number of anilines is 3. The highest BCUT2D eigenvalue weighted by Crippen LogP contribution is 2.35. The molecule has 2 aromatic rings. The minimum atomic E-state index is 0.441. The monoisotopic (exact) mass is 398 g/mol. The van der Waals surface area contributed by atoms with Gasteiger partial charge in [0.25, 0.3) is 0 Å². The summed E-state index contributed by atoms with van der Waals surface area (Å²) in [4.78, 5) is 9.82. The molecule has 4 heterocycles. The summed E-state index contributed by atoms with van der Waals surface area (Å²) < 4.78 is 0. The van der Waals surface area contributed by atoms with Crippen LogP contribution in [-0.4, -0.2) is 74.0 Å². The first kappa shape index (κ1) is 18.0. The van der Waals surface area contributed by atoms with Crippen molar-refractivity contribution < 1.29 is 0 Å². The van der Waals surface area contributed by atoms with Gasteiger partial charge in [0.15, 0.2) is 11.0 Å². The van der Waals surface area contributed by atoms with E-state index in [-0.39, 0.29) is 0 Å². The molecule has 3 fully saturated rings. The molecule has 3 aliphatic rings. The summed E-state index contributed by atoms with van der Waals surface area (Å²) in [6.45, 7) is 7.51. The summed E-state index contributed by atoms with van der Waals surface area (Å²) in [6, 6.07) is 13.7. The number of aromatic nitrogens is 2. The van der Waals surface area contributed by atoms with Crippen LogP contribution in [-0.2, 0) is 0 Å². The van der Waals surface area contributed by atoms with Crippen LogP contribution in [0.5, 0.6) is 0 Å². The maximum atomic E-state index is 5.84. The van der Waals surface area contributed by atoms with Crippen molar-refractivity contribution in [3.63, 3.8) is 0 Å². The Kier molecular flexibility index (Phi) is 4.77. The van der Waals surface area contributed by atoms with Crippen molar-refractivity contribution in [1.29, 1.82) is 0 Å². The highest BCUT2D eigenvalue weighted by Gasteiger charge is 2.39. The summed E-state index contributed by atoms with van der Waals surface area (Å²) in [6.07, 6.45) is 1.33. The lowest BCUT2D eigenvalue weighted by Crippen LogP contribution is -2.46. The minimum absolute atomic E-state index is 0.441. The Balaban J connectivity index is 1.22. The van der Waals surface area contributed by atoms with Gasteiger partial charge in [-0.05, 0) is 55.8 Å². The number of piperazine rings is 1. The van der Waals surface area contributed by atoms with Gasteiger partial charge >= 0.3 is 0 Å². The van der Waals surface area contributed by atoms with Crippen LogP contribution in [0.2, 0.25) is 5.15 Å². The van der Waals surface area contributed by atoms with Crippen LogP contribution in [0.15, 0.2) is 36.4 Å². The van der Waals surface area contributed by atoms with Gasteiger partial charge in [0, 0.05) is 63.2 Å². The number of likely N-dealkylation sites (N-methyl/N-ethyl adjacent to an activating group) is 1. The number of halogens is 1. The highest BCUT2D eigenvalue weighted by atomic mass is 35.5. The third kappa shape index (κ3) is 3.40. The zero-order valence-electron chi connectivity index (χ0n) is 16.3. The molecule has 0 radical (unpaired) electrons. The lowest BCUT2D eigenvalue weighted by Gasteiger charge is -2.36.